The molecular weight excluding hydrogens is 166 g/mol. The maximum Gasteiger partial charge on any atom is 0.00358 e. The predicted molar refractivity (Wildman–Crippen MR) is 57.8 cm³/mol. The average molecular weight is 187 g/mol. The Bertz CT molecular complexity index is 110. The first kappa shape index (κ1) is 10.4. The standard InChI is InChI=1S/C10H21NS/c1-9(11-2)5-6-10-4-3-7-12-8-10/h9-11H,3-8H2,1-2H3. The number of thioether (sulfide) groups is 1. The molecule has 1 aliphatic heterocycles. The highest BCUT2D eigenvalue weighted by atomic mass is 32.2. The second kappa shape index (κ2) is 5.87. The van der Waals surface area contributed by atoms with Crippen LogP contribution in [0.4, 0.5) is 0 Å². The molecule has 1 N–H and O–H groups in total. The van der Waals surface area contributed by atoms with Gasteiger partial charge < -0.3 is 5.32 Å². The molecule has 1 nitrogen and oxygen atoms in total. The molecule has 0 aromatic carbocycles. The minimum absolute atomic E-state index is 0.705. The summed E-state index contributed by atoms with van der Waals surface area (Å²) in [6, 6.07) is 0.705. The highest BCUT2D eigenvalue weighted by Crippen LogP contribution is 2.26. The van der Waals surface area contributed by atoms with E-state index in [0.29, 0.717) is 6.04 Å². The van der Waals surface area contributed by atoms with Crippen LogP contribution in [0.2, 0.25) is 0 Å². The van der Waals surface area contributed by atoms with Gasteiger partial charge in [0.2, 0.25) is 0 Å². The molecule has 1 heterocycles. The molecule has 0 aromatic heterocycles. The maximum absolute atomic E-state index is 3.30. The Kier molecular flexibility index (Phi) is 5.08. The third kappa shape index (κ3) is 3.81. The molecule has 1 saturated heterocycles. The predicted octanol–water partition coefficient (Wildman–Crippen LogP) is 2.52. The molecule has 1 rings (SSSR count). The fourth-order valence-electron chi connectivity index (χ4n) is 1.67. The number of hydrogen-bond acceptors (Lipinski definition) is 2. The van der Waals surface area contributed by atoms with Gasteiger partial charge >= 0.3 is 0 Å². The largest absolute Gasteiger partial charge is 0.317 e. The Hall–Kier alpha value is 0.310. The zero-order valence-electron chi connectivity index (χ0n) is 8.31. The van der Waals surface area contributed by atoms with Crippen molar-refractivity contribution in [2.75, 3.05) is 18.6 Å². The lowest BCUT2D eigenvalue weighted by atomic mass is 9.97. The van der Waals surface area contributed by atoms with Crippen LogP contribution in [-0.2, 0) is 0 Å². The highest BCUT2D eigenvalue weighted by Gasteiger charge is 2.13. The van der Waals surface area contributed by atoms with E-state index in [2.05, 4.69) is 31.1 Å². The summed E-state index contributed by atoms with van der Waals surface area (Å²) in [6.07, 6.45) is 5.70. The fourth-order valence-corrected chi connectivity index (χ4v) is 2.87. The van der Waals surface area contributed by atoms with E-state index < -0.39 is 0 Å². The zero-order valence-corrected chi connectivity index (χ0v) is 9.12. The van der Waals surface area contributed by atoms with Gasteiger partial charge in [-0.25, -0.2) is 0 Å². The summed E-state index contributed by atoms with van der Waals surface area (Å²) in [5.74, 6) is 3.83. The molecule has 0 aliphatic carbocycles. The van der Waals surface area contributed by atoms with Crippen LogP contribution in [-0.4, -0.2) is 24.6 Å². The molecule has 0 amide bonds. The highest BCUT2D eigenvalue weighted by molar-refractivity contribution is 7.99. The van der Waals surface area contributed by atoms with Crippen molar-refractivity contribution >= 4 is 11.8 Å². The molecule has 1 fully saturated rings. The smallest absolute Gasteiger partial charge is 0.00358 e. The lowest BCUT2D eigenvalue weighted by Gasteiger charge is -2.22. The second-order valence-corrected chi connectivity index (χ2v) is 5.00. The van der Waals surface area contributed by atoms with Gasteiger partial charge in [0.25, 0.3) is 0 Å². The van der Waals surface area contributed by atoms with Gasteiger partial charge in [0.1, 0.15) is 0 Å². The molecule has 0 radical (unpaired) electrons. The van der Waals surface area contributed by atoms with E-state index in [9.17, 15) is 0 Å². The summed E-state index contributed by atoms with van der Waals surface area (Å²) in [5.41, 5.74) is 0. The Morgan fingerprint density at radius 3 is 3.00 bits per heavy atom. The van der Waals surface area contributed by atoms with Crippen molar-refractivity contribution in [2.24, 2.45) is 5.92 Å². The van der Waals surface area contributed by atoms with E-state index in [1.54, 1.807) is 0 Å². The maximum atomic E-state index is 3.30. The van der Waals surface area contributed by atoms with Crippen molar-refractivity contribution in [3.05, 3.63) is 0 Å². The van der Waals surface area contributed by atoms with Crippen LogP contribution in [0.5, 0.6) is 0 Å². The summed E-state index contributed by atoms with van der Waals surface area (Å²) in [4.78, 5) is 0. The van der Waals surface area contributed by atoms with E-state index in [0.717, 1.165) is 5.92 Å². The van der Waals surface area contributed by atoms with Crippen LogP contribution >= 0.6 is 11.8 Å². The first-order valence-electron chi connectivity index (χ1n) is 5.08. The van der Waals surface area contributed by atoms with Gasteiger partial charge in [-0.1, -0.05) is 0 Å². The second-order valence-electron chi connectivity index (χ2n) is 3.85. The first-order valence-corrected chi connectivity index (χ1v) is 6.23. The van der Waals surface area contributed by atoms with E-state index in [4.69, 9.17) is 0 Å². The molecule has 1 aliphatic rings. The van der Waals surface area contributed by atoms with Crippen molar-refractivity contribution < 1.29 is 0 Å². The molecular formula is C10H21NS. The molecule has 2 heteroatoms. The van der Waals surface area contributed by atoms with Gasteiger partial charge in [-0.2, -0.15) is 11.8 Å². The summed E-state index contributed by atoms with van der Waals surface area (Å²) in [6.45, 7) is 2.27. The van der Waals surface area contributed by atoms with Crippen LogP contribution in [0.25, 0.3) is 0 Å². The normalized spacial score (nSPS) is 27.0. The average Bonchev–Trinajstić information content (AvgIpc) is 2.16. The van der Waals surface area contributed by atoms with Crippen LogP contribution < -0.4 is 5.32 Å². The van der Waals surface area contributed by atoms with Crippen LogP contribution in [0.15, 0.2) is 0 Å². The third-order valence-electron chi connectivity index (χ3n) is 2.76. The van der Waals surface area contributed by atoms with Crippen LogP contribution in [0, 0.1) is 5.92 Å². The van der Waals surface area contributed by atoms with E-state index in [-0.39, 0.29) is 0 Å². The van der Waals surface area contributed by atoms with E-state index >= 15 is 0 Å². The Morgan fingerprint density at radius 2 is 2.42 bits per heavy atom. The van der Waals surface area contributed by atoms with Crippen molar-refractivity contribution in [1.29, 1.82) is 0 Å². The van der Waals surface area contributed by atoms with E-state index in [1.807, 2.05) is 0 Å². The van der Waals surface area contributed by atoms with Crippen molar-refractivity contribution in [1.82, 2.24) is 5.32 Å². The molecule has 2 atom stereocenters. The van der Waals surface area contributed by atoms with Crippen LogP contribution in [0.1, 0.15) is 32.6 Å². The molecule has 0 aromatic rings. The van der Waals surface area contributed by atoms with Crippen molar-refractivity contribution in [3.8, 4) is 0 Å². The van der Waals surface area contributed by atoms with E-state index in [1.165, 1.54) is 37.2 Å². The Morgan fingerprint density at radius 1 is 1.58 bits per heavy atom. The number of nitrogens with one attached hydrogen (secondary N) is 1. The minimum atomic E-state index is 0.705. The Labute approximate surface area is 80.7 Å². The summed E-state index contributed by atoms with van der Waals surface area (Å²) < 4.78 is 0. The molecule has 72 valence electrons. The Balaban J connectivity index is 2.05. The van der Waals surface area contributed by atoms with Gasteiger partial charge in [-0.05, 0) is 57.1 Å². The molecule has 0 saturated carbocycles. The van der Waals surface area contributed by atoms with Crippen LogP contribution in [0.3, 0.4) is 0 Å². The first-order chi connectivity index (χ1) is 5.83. The fraction of sp³-hybridized carbons (Fsp3) is 1.00. The lowest BCUT2D eigenvalue weighted by molar-refractivity contribution is 0.428. The minimum Gasteiger partial charge on any atom is -0.317 e. The van der Waals surface area contributed by atoms with Gasteiger partial charge in [-0.3, -0.25) is 0 Å². The molecule has 12 heavy (non-hydrogen) atoms. The summed E-state index contributed by atoms with van der Waals surface area (Å²) >= 11 is 2.14. The summed E-state index contributed by atoms with van der Waals surface area (Å²) in [5, 5.41) is 3.30. The third-order valence-corrected chi connectivity index (χ3v) is 4.04. The lowest BCUT2D eigenvalue weighted by Crippen LogP contribution is -2.23. The summed E-state index contributed by atoms with van der Waals surface area (Å²) in [7, 11) is 2.06. The zero-order chi connectivity index (χ0) is 8.81. The number of hydrogen-bond donors (Lipinski definition) is 1. The van der Waals surface area contributed by atoms with Gasteiger partial charge in [0.15, 0.2) is 0 Å². The monoisotopic (exact) mass is 187 g/mol. The van der Waals surface area contributed by atoms with Gasteiger partial charge in [0.05, 0.1) is 0 Å². The number of rotatable bonds is 4. The van der Waals surface area contributed by atoms with Crippen molar-refractivity contribution in [2.45, 2.75) is 38.6 Å². The van der Waals surface area contributed by atoms with Crippen molar-refractivity contribution in [3.63, 3.8) is 0 Å². The topological polar surface area (TPSA) is 12.0 Å². The SMILES string of the molecule is CNC(C)CCC1CCCSC1. The molecule has 0 spiro atoms. The van der Waals surface area contributed by atoms with Gasteiger partial charge in [-0.15, -0.1) is 0 Å². The molecule has 2 unspecified atom stereocenters. The van der Waals surface area contributed by atoms with Gasteiger partial charge in [0, 0.05) is 6.04 Å². The quantitative estimate of drug-likeness (QED) is 0.726. The molecule has 0 bridgehead atoms.